The molecule has 0 amide bonds. The first kappa shape index (κ1) is 13.0. The molecule has 0 fully saturated rings. The maximum absolute atomic E-state index is 5.96. The Hall–Kier alpha value is -2.01. The van der Waals surface area contributed by atoms with E-state index in [2.05, 4.69) is 40.1 Å². The Morgan fingerprint density at radius 2 is 2.10 bits per heavy atom. The Morgan fingerprint density at radius 1 is 1.25 bits per heavy atom. The van der Waals surface area contributed by atoms with E-state index in [4.69, 9.17) is 5.73 Å². The molecule has 20 heavy (non-hydrogen) atoms. The summed E-state index contributed by atoms with van der Waals surface area (Å²) in [4.78, 5) is 11.9. The average Bonchev–Trinajstić information content (AvgIpc) is 2.85. The van der Waals surface area contributed by atoms with Crippen molar-refractivity contribution < 1.29 is 0 Å². The molecule has 3 aromatic rings. The van der Waals surface area contributed by atoms with Crippen molar-refractivity contribution in [3.05, 3.63) is 42.2 Å². The topological polar surface area (TPSA) is 67.6 Å². The van der Waals surface area contributed by atoms with E-state index in [0.29, 0.717) is 5.82 Å². The van der Waals surface area contributed by atoms with Crippen LogP contribution in [0.4, 0.5) is 5.82 Å². The molecular formula is C15H16N4S. The molecule has 0 saturated heterocycles. The van der Waals surface area contributed by atoms with E-state index in [1.807, 2.05) is 12.1 Å². The fraction of sp³-hybridized carbons (Fsp3) is 0.200. The molecule has 0 aliphatic carbocycles. The molecule has 0 aliphatic rings. The zero-order valence-electron chi connectivity index (χ0n) is 11.3. The highest BCUT2D eigenvalue weighted by atomic mass is 32.2. The largest absolute Gasteiger partial charge is 0.383 e. The summed E-state index contributed by atoms with van der Waals surface area (Å²) < 4.78 is 0. The number of benzene rings is 1. The highest BCUT2D eigenvalue weighted by molar-refractivity contribution is 7.99. The fourth-order valence-corrected chi connectivity index (χ4v) is 3.17. The van der Waals surface area contributed by atoms with Gasteiger partial charge in [0.15, 0.2) is 0 Å². The van der Waals surface area contributed by atoms with Gasteiger partial charge in [0.2, 0.25) is 0 Å². The highest BCUT2D eigenvalue weighted by Gasteiger charge is 2.11. The second-order valence-corrected chi connectivity index (χ2v) is 5.65. The number of para-hydroxylation sites is 1. The van der Waals surface area contributed by atoms with E-state index < -0.39 is 0 Å². The number of hydrogen-bond donors (Lipinski definition) is 2. The lowest BCUT2D eigenvalue weighted by Gasteiger charge is -2.07. The van der Waals surface area contributed by atoms with Crippen LogP contribution in [0.15, 0.2) is 46.7 Å². The number of nitrogens with one attached hydrogen (secondary N) is 1. The maximum atomic E-state index is 5.96. The summed E-state index contributed by atoms with van der Waals surface area (Å²) in [6.45, 7) is 2.13. The smallest absolute Gasteiger partial charge is 0.131 e. The van der Waals surface area contributed by atoms with Crippen molar-refractivity contribution in [2.24, 2.45) is 0 Å². The lowest BCUT2D eigenvalue weighted by molar-refractivity contribution is 0.861. The summed E-state index contributed by atoms with van der Waals surface area (Å²) in [5, 5.41) is 3.21. The van der Waals surface area contributed by atoms with Gasteiger partial charge < -0.3 is 10.7 Å². The zero-order valence-corrected chi connectivity index (χ0v) is 12.1. The van der Waals surface area contributed by atoms with Crippen LogP contribution in [0.3, 0.4) is 0 Å². The fourth-order valence-electron chi connectivity index (χ4n) is 2.19. The lowest BCUT2D eigenvalue weighted by Crippen LogP contribution is -2.01. The molecule has 1 aromatic carbocycles. The summed E-state index contributed by atoms with van der Waals surface area (Å²) in [6, 6.07) is 10.4. The Kier molecular flexibility index (Phi) is 3.60. The maximum Gasteiger partial charge on any atom is 0.131 e. The van der Waals surface area contributed by atoms with E-state index >= 15 is 0 Å². The molecule has 4 nitrogen and oxygen atoms in total. The Labute approximate surface area is 121 Å². The molecule has 0 aliphatic heterocycles. The van der Waals surface area contributed by atoms with Crippen molar-refractivity contribution in [2.75, 3.05) is 5.73 Å². The quantitative estimate of drug-likeness (QED) is 0.718. The van der Waals surface area contributed by atoms with Gasteiger partial charge in [0.25, 0.3) is 0 Å². The van der Waals surface area contributed by atoms with Gasteiger partial charge in [-0.2, -0.15) is 0 Å². The van der Waals surface area contributed by atoms with Crippen molar-refractivity contribution >= 4 is 28.5 Å². The number of hydrogen-bond acceptors (Lipinski definition) is 4. The van der Waals surface area contributed by atoms with Gasteiger partial charge >= 0.3 is 0 Å². The molecule has 0 atom stereocenters. The minimum atomic E-state index is 0.584. The molecule has 2 heterocycles. The average molecular weight is 284 g/mol. The van der Waals surface area contributed by atoms with Crippen LogP contribution < -0.4 is 5.73 Å². The van der Waals surface area contributed by atoms with E-state index in [1.165, 1.54) is 11.7 Å². The van der Waals surface area contributed by atoms with Gasteiger partial charge in [-0.15, -0.1) is 0 Å². The van der Waals surface area contributed by atoms with E-state index in [1.54, 1.807) is 11.8 Å². The molecule has 2 aromatic heterocycles. The molecule has 0 spiro atoms. The van der Waals surface area contributed by atoms with Crippen LogP contribution in [0.1, 0.15) is 18.9 Å². The number of nitrogens with zero attached hydrogens (tertiary/aromatic N) is 2. The van der Waals surface area contributed by atoms with Crippen LogP contribution in [0.2, 0.25) is 0 Å². The van der Waals surface area contributed by atoms with Crippen LogP contribution >= 0.6 is 11.8 Å². The third-order valence-electron chi connectivity index (χ3n) is 3.15. The highest BCUT2D eigenvalue weighted by Crippen LogP contribution is 2.32. The molecule has 102 valence electrons. The SMILES string of the molecule is CCCc1c(N)ncnc1Sc1cc2ccccc2[nH]1. The van der Waals surface area contributed by atoms with Crippen molar-refractivity contribution in [3.8, 4) is 0 Å². The molecular weight excluding hydrogens is 268 g/mol. The predicted octanol–water partition coefficient (Wildman–Crippen LogP) is 3.64. The number of aromatic amines is 1. The van der Waals surface area contributed by atoms with Crippen LogP contribution in [0, 0.1) is 0 Å². The van der Waals surface area contributed by atoms with Crippen LogP contribution in [0.5, 0.6) is 0 Å². The monoisotopic (exact) mass is 284 g/mol. The first-order valence-electron chi connectivity index (χ1n) is 6.63. The zero-order chi connectivity index (χ0) is 13.9. The Balaban J connectivity index is 1.96. The third-order valence-corrected chi connectivity index (χ3v) is 4.14. The number of nitrogens with two attached hydrogens (primary N) is 1. The van der Waals surface area contributed by atoms with E-state index in [-0.39, 0.29) is 0 Å². The van der Waals surface area contributed by atoms with E-state index in [0.717, 1.165) is 34.0 Å². The molecule has 0 radical (unpaired) electrons. The Morgan fingerprint density at radius 3 is 2.90 bits per heavy atom. The van der Waals surface area contributed by atoms with Gasteiger partial charge in [-0.1, -0.05) is 43.3 Å². The number of anilines is 1. The second kappa shape index (κ2) is 5.54. The third kappa shape index (κ3) is 2.49. The second-order valence-electron chi connectivity index (χ2n) is 4.62. The number of nitrogen functional groups attached to an aromatic ring is 1. The molecule has 3 rings (SSSR count). The minimum absolute atomic E-state index is 0.584. The van der Waals surface area contributed by atoms with Crippen molar-refractivity contribution in [1.29, 1.82) is 0 Å². The summed E-state index contributed by atoms with van der Waals surface area (Å²) in [5.41, 5.74) is 8.14. The molecule has 0 saturated carbocycles. The number of fused-ring (bicyclic) bond motifs is 1. The first-order chi connectivity index (χ1) is 9.78. The van der Waals surface area contributed by atoms with Crippen LogP contribution in [-0.4, -0.2) is 15.0 Å². The van der Waals surface area contributed by atoms with Crippen LogP contribution in [0.25, 0.3) is 10.9 Å². The van der Waals surface area contributed by atoms with Gasteiger partial charge in [-0.3, -0.25) is 0 Å². The van der Waals surface area contributed by atoms with Crippen molar-refractivity contribution in [3.63, 3.8) is 0 Å². The summed E-state index contributed by atoms with van der Waals surface area (Å²) in [5.74, 6) is 0.584. The minimum Gasteiger partial charge on any atom is -0.383 e. The lowest BCUT2D eigenvalue weighted by atomic mass is 10.2. The van der Waals surface area contributed by atoms with E-state index in [9.17, 15) is 0 Å². The van der Waals surface area contributed by atoms with Gasteiger partial charge in [-0.25, -0.2) is 9.97 Å². The standard InChI is InChI=1S/C15H16N4S/c1-2-5-11-14(16)17-9-18-15(11)20-13-8-10-6-3-4-7-12(10)19-13/h3-4,6-9,19H,2,5H2,1H3,(H2,16,17,18). The van der Waals surface area contributed by atoms with Gasteiger partial charge in [-0.05, 0) is 18.6 Å². The molecule has 0 unspecified atom stereocenters. The molecule has 3 N–H and O–H groups in total. The summed E-state index contributed by atoms with van der Waals surface area (Å²) in [6.07, 6.45) is 3.45. The summed E-state index contributed by atoms with van der Waals surface area (Å²) >= 11 is 1.61. The van der Waals surface area contributed by atoms with Gasteiger partial charge in [0.1, 0.15) is 17.2 Å². The van der Waals surface area contributed by atoms with Gasteiger partial charge in [0, 0.05) is 16.5 Å². The summed E-state index contributed by atoms with van der Waals surface area (Å²) in [7, 11) is 0. The van der Waals surface area contributed by atoms with Crippen molar-refractivity contribution in [1.82, 2.24) is 15.0 Å². The molecule has 5 heteroatoms. The number of H-pyrrole nitrogens is 1. The number of rotatable bonds is 4. The van der Waals surface area contributed by atoms with Crippen molar-refractivity contribution in [2.45, 2.75) is 29.8 Å². The number of aromatic nitrogens is 3. The first-order valence-corrected chi connectivity index (χ1v) is 7.44. The molecule has 0 bridgehead atoms. The predicted molar refractivity (Wildman–Crippen MR) is 82.9 cm³/mol. The normalized spacial score (nSPS) is 11.1. The van der Waals surface area contributed by atoms with Crippen LogP contribution in [-0.2, 0) is 6.42 Å². The Bertz CT molecular complexity index is 703. The van der Waals surface area contributed by atoms with Gasteiger partial charge in [0.05, 0.1) is 5.03 Å².